The molecule has 1 aromatic heterocycles. The maximum absolute atomic E-state index is 12.6. The van der Waals surface area contributed by atoms with Crippen LogP contribution in [0, 0.1) is 0 Å². The standard InChI is InChI=1S/C34H47N3O6/c1-5-6-7-8-9-10-11-12-13-14-15-16-17-18-19-20-21-24-30(38)36-27(2)33(40)43-28(3)31(34(41)42-4)37-32(39)29-23-22-25-35-26-29/h6-7,9-10,12-13,15-16,18-19,22-23,25-28,31H,5,8,11,14,17,20-21,24H2,1-4H3,(H,36,38)(H,37,39)/t27-,28+,31-/m0/s1. The van der Waals surface area contributed by atoms with E-state index in [1.807, 2.05) is 6.08 Å². The summed E-state index contributed by atoms with van der Waals surface area (Å²) in [5.41, 5.74) is 0.236. The average Bonchev–Trinajstić information content (AvgIpc) is 3.01. The fourth-order valence-corrected chi connectivity index (χ4v) is 3.69. The Morgan fingerprint density at radius 1 is 0.837 bits per heavy atom. The fraction of sp³-hybridized carbons (Fsp3) is 0.441. The van der Waals surface area contributed by atoms with Gasteiger partial charge < -0.3 is 20.1 Å². The van der Waals surface area contributed by atoms with Crippen molar-refractivity contribution in [3.63, 3.8) is 0 Å². The fourth-order valence-electron chi connectivity index (χ4n) is 3.69. The third kappa shape index (κ3) is 17.3. The van der Waals surface area contributed by atoms with Crippen LogP contribution >= 0.6 is 0 Å². The molecule has 234 valence electrons. The molecule has 43 heavy (non-hydrogen) atoms. The Balaban J connectivity index is 2.30. The molecule has 1 rings (SSSR count). The lowest BCUT2D eigenvalue weighted by molar-refractivity contribution is -0.158. The number of esters is 2. The van der Waals surface area contributed by atoms with Crippen molar-refractivity contribution in [3.05, 3.63) is 90.9 Å². The third-order valence-electron chi connectivity index (χ3n) is 6.10. The first kappa shape index (κ1) is 36.8. The van der Waals surface area contributed by atoms with E-state index in [9.17, 15) is 19.2 Å². The lowest BCUT2D eigenvalue weighted by atomic mass is 10.1. The summed E-state index contributed by atoms with van der Waals surface area (Å²) in [6.45, 7) is 5.09. The summed E-state index contributed by atoms with van der Waals surface area (Å²) < 4.78 is 10.1. The van der Waals surface area contributed by atoms with E-state index >= 15 is 0 Å². The van der Waals surface area contributed by atoms with Crippen molar-refractivity contribution in [3.8, 4) is 0 Å². The molecular formula is C34H47N3O6. The number of carbonyl (C=O) groups excluding carboxylic acids is 4. The van der Waals surface area contributed by atoms with Gasteiger partial charge in [-0.15, -0.1) is 0 Å². The van der Waals surface area contributed by atoms with E-state index in [-0.39, 0.29) is 17.9 Å². The van der Waals surface area contributed by atoms with Gasteiger partial charge >= 0.3 is 11.9 Å². The highest BCUT2D eigenvalue weighted by Crippen LogP contribution is 2.07. The van der Waals surface area contributed by atoms with Crippen molar-refractivity contribution in [2.45, 2.75) is 90.3 Å². The van der Waals surface area contributed by atoms with Gasteiger partial charge in [-0.1, -0.05) is 67.7 Å². The van der Waals surface area contributed by atoms with Crippen molar-refractivity contribution < 1.29 is 28.7 Å². The number of hydrogen-bond donors (Lipinski definition) is 2. The van der Waals surface area contributed by atoms with Gasteiger partial charge in [0.05, 0.1) is 12.7 Å². The molecule has 9 nitrogen and oxygen atoms in total. The largest absolute Gasteiger partial charge is 0.467 e. The molecule has 0 fully saturated rings. The SMILES string of the molecule is CCC=CCC=CCC=CCC=CCC=CCCCC(=O)N[C@@H](C)C(=O)O[C@H](C)[C@H](NC(=O)c1cccnc1)C(=O)OC. The normalized spacial score (nSPS) is 14.0. The van der Waals surface area contributed by atoms with Gasteiger partial charge in [-0.25, -0.2) is 9.59 Å². The zero-order chi connectivity index (χ0) is 31.7. The molecule has 9 heteroatoms. The van der Waals surface area contributed by atoms with Gasteiger partial charge in [-0.2, -0.15) is 0 Å². The molecule has 0 bridgehead atoms. The second-order valence-electron chi connectivity index (χ2n) is 9.75. The minimum atomic E-state index is -1.24. The molecule has 0 radical (unpaired) electrons. The van der Waals surface area contributed by atoms with Gasteiger partial charge in [-0.05, 0) is 70.9 Å². The lowest BCUT2D eigenvalue weighted by Gasteiger charge is -2.24. The van der Waals surface area contributed by atoms with Gasteiger partial charge in [0, 0.05) is 18.8 Å². The number of amides is 2. The second-order valence-corrected chi connectivity index (χ2v) is 9.75. The van der Waals surface area contributed by atoms with Crippen LogP contribution in [-0.2, 0) is 23.9 Å². The molecule has 0 spiro atoms. The zero-order valence-electron chi connectivity index (χ0n) is 25.9. The number of carbonyl (C=O) groups is 4. The topological polar surface area (TPSA) is 124 Å². The molecule has 2 amide bonds. The first-order chi connectivity index (χ1) is 20.8. The monoisotopic (exact) mass is 593 g/mol. The van der Waals surface area contributed by atoms with Crippen LogP contribution in [0.2, 0.25) is 0 Å². The van der Waals surface area contributed by atoms with Crippen molar-refractivity contribution in [2.75, 3.05) is 7.11 Å². The Morgan fingerprint density at radius 3 is 1.95 bits per heavy atom. The molecule has 1 aromatic rings. The predicted octanol–water partition coefficient (Wildman–Crippen LogP) is 5.71. The van der Waals surface area contributed by atoms with E-state index in [4.69, 9.17) is 9.47 Å². The second kappa shape index (κ2) is 23.3. The van der Waals surface area contributed by atoms with Gasteiger partial charge in [-0.3, -0.25) is 14.6 Å². The van der Waals surface area contributed by atoms with Crippen molar-refractivity contribution >= 4 is 23.8 Å². The Bertz CT molecular complexity index is 1120. The molecule has 2 N–H and O–H groups in total. The quantitative estimate of drug-likeness (QED) is 0.113. The molecule has 0 aliphatic rings. The summed E-state index contributed by atoms with van der Waals surface area (Å²) in [4.78, 5) is 53.4. The molecule has 0 aliphatic carbocycles. The minimum absolute atomic E-state index is 0.236. The summed E-state index contributed by atoms with van der Waals surface area (Å²) in [5, 5.41) is 5.12. The maximum atomic E-state index is 12.6. The van der Waals surface area contributed by atoms with E-state index in [1.165, 1.54) is 39.4 Å². The van der Waals surface area contributed by atoms with Crippen molar-refractivity contribution in [1.29, 1.82) is 0 Å². The van der Waals surface area contributed by atoms with E-state index < -0.39 is 36.0 Å². The molecule has 0 aromatic carbocycles. The number of rotatable bonds is 20. The van der Waals surface area contributed by atoms with Gasteiger partial charge in [0.1, 0.15) is 12.1 Å². The zero-order valence-corrected chi connectivity index (χ0v) is 25.9. The number of allylic oxidation sites excluding steroid dienone is 10. The number of hydrogen-bond acceptors (Lipinski definition) is 7. The van der Waals surface area contributed by atoms with E-state index in [2.05, 4.69) is 77.2 Å². The van der Waals surface area contributed by atoms with Crippen molar-refractivity contribution in [1.82, 2.24) is 15.6 Å². The van der Waals surface area contributed by atoms with Crippen LogP contribution in [0.3, 0.4) is 0 Å². The van der Waals surface area contributed by atoms with E-state index in [1.54, 1.807) is 6.07 Å². The van der Waals surface area contributed by atoms with Crippen LogP contribution in [-0.4, -0.2) is 54.0 Å². The predicted molar refractivity (Wildman–Crippen MR) is 169 cm³/mol. The molecule has 3 atom stereocenters. The van der Waals surface area contributed by atoms with Gasteiger partial charge in [0.15, 0.2) is 6.04 Å². The van der Waals surface area contributed by atoms with Crippen LogP contribution in [0.5, 0.6) is 0 Å². The average molecular weight is 594 g/mol. The Kier molecular flexibility index (Phi) is 19.9. The van der Waals surface area contributed by atoms with E-state index in [0.29, 0.717) is 6.42 Å². The first-order valence-electron chi connectivity index (χ1n) is 14.8. The first-order valence-corrected chi connectivity index (χ1v) is 14.8. The lowest BCUT2D eigenvalue weighted by Crippen LogP contribution is -2.51. The van der Waals surface area contributed by atoms with Crippen LogP contribution in [0.15, 0.2) is 85.3 Å². The molecule has 0 aliphatic heterocycles. The Labute approximate surface area is 256 Å². The molecule has 0 unspecified atom stereocenters. The number of methoxy groups -OCH3 is 1. The van der Waals surface area contributed by atoms with E-state index in [0.717, 1.165) is 38.5 Å². The highest BCUT2D eigenvalue weighted by atomic mass is 16.6. The summed E-state index contributed by atoms with van der Waals surface area (Å²) in [5.74, 6) is -2.36. The Hall–Kier alpha value is -4.27. The maximum Gasteiger partial charge on any atom is 0.332 e. The highest BCUT2D eigenvalue weighted by Gasteiger charge is 2.32. The highest BCUT2D eigenvalue weighted by molar-refractivity contribution is 5.96. The van der Waals surface area contributed by atoms with Crippen LogP contribution in [0.1, 0.15) is 82.5 Å². The number of aromatic nitrogens is 1. The molecule has 0 saturated carbocycles. The molecule has 1 heterocycles. The van der Waals surface area contributed by atoms with Crippen molar-refractivity contribution in [2.24, 2.45) is 0 Å². The van der Waals surface area contributed by atoms with Crippen LogP contribution in [0.25, 0.3) is 0 Å². The molecular weight excluding hydrogens is 546 g/mol. The van der Waals surface area contributed by atoms with Crippen LogP contribution in [0.4, 0.5) is 0 Å². The smallest absolute Gasteiger partial charge is 0.332 e. The summed E-state index contributed by atoms with van der Waals surface area (Å²) in [6.07, 6.45) is 29.6. The summed E-state index contributed by atoms with van der Waals surface area (Å²) in [7, 11) is 1.17. The number of nitrogens with zero attached hydrogens (tertiary/aromatic N) is 1. The molecule has 0 saturated heterocycles. The van der Waals surface area contributed by atoms with Gasteiger partial charge in [0.25, 0.3) is 5.91 Å². The van der Waals surface area contributed by atoms with Gasteiger partial charge in [0.2, 0.25) is 5.91 Å². The summed E-state index contributed by atoms with van der Waals surface area (Å²) >= 11 is 0. The minimum Gasteiger partial charge on any atom is -0.467 e. The van der Waals surface area contributed by atoms with Crippen LogP contribution < -0.4 is 10.6 Å². The summed E-state index contributed by atoms with van der Waals surface area (Å²) in [6, 6.07) is 0.940. The third-order valence-corrected chi connectivity index (χ3v) is 6.10. The number of nitrogens with one attached hydrogen (secondary N) is 2. The number of unbranched alkanes of at least 4 members (excludes halogenated alkanes) is 1. The number of ether oxygens (including phenoxy) is 2. The number of pyridine rings is 1. The Morgan fingerprint density at radius 2 is 1.42 bits per heavy atom.